The van der Waals surface area contributed by atoms with Gasteiger partial charge in [0.15, 0.2) is 11.7 Å². The summed E-state index contributed by atoms with van der Waals surface area (Å²) in [4.78, 5) is 33.0. The first kappa shape index (κ1) is 27.8. The van der Waals surface area contributed by atoms with Gasteiger partial charge in [-0.25, -0.2) is 14.3 Å². The minimum absolute atomic E-state index is 0.0951. The fourth-order valence-electron chi connectivity index (χ4n) is 5.62. The monoisotopic (exact) mass is 591 g/mol. The molecule has 0 fully saturated rings. The largest absolute Gasteiger partial charge is 0.330 e. The number of pyridine rings is 1. The highest BCUT2D eigenvalue weighted by atomic mass is 35.5. The zero-order chi connectivity index (χ0) is 29.4. The lowest BCUT2D eigenvalue weighted by molar-refractivity contribution is -0.129. The van der Waals surface area contributed by atoms with E-state index in [0.29, 0.717) is 36.5 Å². The van der Waals surface area contributed by atoms with E-state index in [9.17, 15) is 18.4 Å². The van der Waals surface area contributed by atoms with E-state index in [-0.39, 0.29) is 46.9 Å². The van der Waals surface area contributed by atoms with E-state index in [1.807, 2.05) is 37.3 Å². The van der Waals surface area contributed by atoms with Gasteiger partial charge < -0.3 is 10.2 Å². The van der Waals surface area contributed by atoms with Gasteiger partial charge in [0.05, 0.1) is 22.3 Å². The Kier molecular flexibility index (Phi) is 7.61. The van der Waals surface area contributed by atoms with Crippen molar-refractivity contribution in [2.45, 2.75) is 38.6 Å². The molecule has 2 amide bonds. The molecular weight excluding hydrogens is 564 g/mol. The number of nitrogens with zero attached hydrogens (tertiary/aromatic N) is 3. The van der Waals surface area contributed by atoms with Crippen molar-refractivity contribution in [2.24, 2.45) is 11.0 Å². The highest BCUT2D eigenvalue weighted by Gasteiger charge is 2.31. The molecule has 3 aliphatic heterocycles. The molecule has 2 atom stereocenters. The van der Waals surface area contributed by atoms with Crippen molar-refractivity contribution in [2.75, 3.05) is 11.9 Å². The molecule has 12 heteroatoms. The van der Waals surface area contributed by atoms with Gasteiger partial charge in [-0.05, 0) is 72.9 Å². The van der Waals surface area contributed by atoms with E-state index < -0.39 is 17.7 Å². The summed E-state index contributed by atoms with van der Waals surface area (Å²) in [6.07, 6.45) is 5.06. The van der Waals surface area contributed by atoms with Crippen LogP contribution in [-0.2, 0) is 9.59 Å². The zero-order valence-electron chi connectivity index (χ0n) is 22.7. The molecule has 216 valence electrons. The van der Waals surface area contributed by atoms with Gasteiger partial charge in [0, 0.05) is 41.5 Å². The van der Waals surface area contributed by atoms with Gasteiger partial charge in [-0.3, -0.25) is 20.0 Å². The molecule has 9 nitrogen and oxygen atoms in total. The Morgan fingerprint density at radius 2 is 1.90 bits per heavy atom. The molecule has 42 heavy (non-hydrogen) atoms. The first-order valence-corrected chi connectivity index (χ1v) is 14.1. The van der Waals surface area contributed by atoms with E-state index in [0.717, 1.165) is 28.8 Å². The number of hydrazine groups is 2. The Balaban J connectivity index is 1.39. The number of hydrazone groups is 1. The first-order valence-electron chi connectivity index (χ1n) is 13.7. The minimum atomic E-state index is -0.875. The second kappa shape index (κ2) is 11.5. The summed E-state index contributed by atoms with van der Waals surface area (Å²) in [6.45, 7) is 2.13. The molecule has 0 radical (unpaired) electrons. The molecule has 2 unspecified atom stereocenters. The average molecular weight is 592 g/mol. The molecule has 2 bridgehead atoms. The number of fused-ring (bicyclic) bond motifs is 4. The Morgan fingerprint density at radius 1 is 1.05 bits per heavy atom. The SMILES string of the molecule is CC1CCCC(N2CCC(c3c(F)ccc(Cl)c3F)=CC2=O)c2cc(ccn2)-c2cc(C3=NNNN3)ccc2NC1=O. The summed E-state index contributed by atoms with van der Waals surface area (Å²) in [7, 11) is 0. The number of halogens is 3. The van der Waals surface area contributed by atoms with Gasteiger partial charge in [-0.1, -0.05) is 24.9 Å². The third kappa shape index (κ3) is 5.33. The highest BCUT2D eigenvalue weighted by Crippen LogP contribution is 2.37. The van der Waals surface area contributed by atoms with Crippen LogP contribution in [0.5, 0.6) is 0 Å². The van der Waals surface area contributed by atoms with Gasteiger partial charge in [0.2, 0.25) is 11.8 Å². The molecule has 4 heterocycles. The van der Waals surface area contributed by atoms with Gasteiger partial charge in [0.1, 0.15) is 5.82 Å². The number of hydrogen-bond acceptors (Lipinski definition) is 7. The van der Waals surface area contributed by atoms with Gasteiger partial charge in [-0.15, -0.1) is 10.6 Å². The smallest absolute Gasteiger partial charge is 0.247 e. The zero-order valence-corrected chi connectivity index (χ0v) is 23.4. The number of hydrogen-bond donors (Lipinski definition) is 4. The van der Waals surface area contributed by atoms with Crippen LogP contribution in [-0.4, -0.2) is 34.1 Å². The van der Waals surface area contributed by atoms with Crippen LogP contribution in [0.2, 0.25) is 5.02 Å². The molecule has 0 saturated heterocycles. The lowest BCUT2D eigenvalue weighted by Crippen LogP contribution is -2.38. The molecule has 1 aromatic heterocycles. The molecule has 3 aliphatic rings. The maximum atomic E-state index is 14.7. The van der Waals surface area contributed by atoms with Crippen LogP contribution in [0.15, 0.2) is 59.8 Å². The summed E-state index contributed by atoms with van der Waals surface area (Å²) in [6, 6.07) is 11.3. The van der Waals surface area contributed by atoms with E-state index in [1.54, 1.807) is 11.1 Å². The molecule has 2 aromatic carbocycles. The lowest BCUT2D eigenvalue weighted by Gasteiger charge is -2.34. The standard InChI is InChI=1S/C30H28ClF2N7O2/c1-16-3-2-4-25(40-12-10-18(15-26(40)41)27-22(32)7-6-21(31)28(27)33)24-14-17(9-11-34-24)20-13-19(29-36-38-39-37-29)5-8-23(20)35-30(16)42/h5-9,11,13-16,25,38-39H,2-4,10,12H2,1H3,(H,35,42)(H,36,37). The van der Waals surface area contributed by atoms with Gasteiger partial charge in [0.25, 0.3) is 0 Å². The number of aromatic nitrogens is 1. The van der Waals surface area contributed by atoms with Crippen LogP contribution in [0.25, 0.3) is 16.7 Å². The highest BCUT2D eigenvalue weighted by molar-refractivity contribution is 6.31. The fraction of sp³-hybridized carbons (Fsp3) is 0.267. The summed E-state index contributed by atoms with van der Waals surface area (Å²) in [5.41, 5.74) is 12.0. The molecule has 0 spiro atoms. The van der Waals surface area contributed by atoms with Crippen LogP contribution in [0.1, 0.15) is 55.5 Å². The van der Waals surface area contributed by atoms with Crippen molar-refractivity contribution >= 4 is 40.5 Å². The predicted molar refractivity (Wildman–Crippen MR) is 156 cm³/mol. The van der Waals surface area contributed by atoms with Gasteiger partial charge in [-0.2, -0.15) is 0 Å². The van der Waals surface area contributed by atoms with E-state index in [1.165, 1.54) is 6.08 Å². The molecule has 0 aliphatic carbocycles. The molecule has 0 saturated carbocycles. The molecule has 4 N–H and O–H groups in total. The Labute approximate surface area is 246 Å². The first-order chi connectivity index (χ1) is 20.3. The number of carbonyl (C=O) groups excluding carboxylic acids is 2. The van der Waals surface area contributed by atoms with Crippen molar-refractivity contribution < 1.29 is 18.4 Å². The number of carbonyl (C=O) groups is 2. The van der Waals surface area contributed by atoms with E-state index >= 15 is 0 Å². The van der Waals surface area contributed by atoms with Crippen LogP contribution >= 0.6 is 11.6 Å². The van der Waals surface area contributed by atoms with Crippen molar-refractivity contribution in [3.8, 4) is 11.1 Å². The van der Waals surface area contributed by atoms with Crippen LogP contribution in [0.3, 0.4) is 0 Å². The van der Waals surface area contributed by atoms with Crippen LogP contribution in [0, 0.1) is 17.6 Å². The summed E-state index contributed by atoms with van der Waals surface area (Å²) in [5.74, 6) is -1.78. The number of anilines is 1. The number of benzene rings is 2. The Morgan fingerprint density at radius 3 is 2.69 bits per heavy atom. The third-order valence-electron chi connectivity index (χ3n) is 7.90. The van der Waals surface area contributed by atoms with Crippen molar-refractivity contribution in [3.63, 3.8) is 0 Å². The maximum Gasteiger partial charge on any atom is 0.247 e. The van der Waals surface area contributed by atoms with E-state index in [4.69, 9.17) is 11.6 Å². The number of rotatable bonds is 3. The topological polar surface area (TPSA) is 111 Å². The quantitative estimate of drug-likeness (QED) is 0.317. The maximum absolute atomic E-state index is 14.7. The average Bonchev–Trinajstić information content (AvgIpc) is 3.53. The lowest BCUT2D eigenvalue weighted by atomic mass is 9.92. The van der Waals surface area contributed by atoms with E-state index in [2.05, 4.69) is 31.9 Å². The molecule has 6 rings (SSSR count). The Bertz CT molecular complexity index is 1640. The predicted octanol–water partition coefficient (Wildman–Crippen LogP) is 5.07. The Hall–Kier alpha value is -4.35. The summed E-state index contributed by atoms with van der Waals surface area (Å²) in [5, 5.41) is 7.06. The van der Waals surface area contributed by atoms with Crippen molar-refractivity contribution in [1.82, 2.24) is 26.4 Å². The number of amides is 2. The van der Waals surface area contributed by atoms with Crippen molar-refractivity contribution in [3.05, 3.63) is 88.2 Å². The summed E-state index contributed by atoms with van der Waals surface area (Å²) >= 11 is 5.90. The van der Waals surface area contributed by atoms with Crippen molar-refractivity contribution in [1.29, 1.82) is 0 Å². The minimum Gasteiger partial charge on any atom is -0.330 e. The van der Waals surface area contributed by atoms with Crippen LogP contribution < -0.4 is 21.8 Å². The number of amidine groups is 1. The molecular formula is C30H28ClF2N7O2. The second-order valence-electron chi connectivity index (χ2n) is 10.6. The molecule has 3 aromatic rings. The summed E-state index contributed by atoms with van der Waals surface area (Å²) < 4.78 is 29.3. The second-order valence-corrected chi connectivity index (χ2v) is 11.0. The van der Waals surface area contributed by atoms with Gasteiger partial charge >= 0.3 is 0 Å². The third-order valence-corrected chi connectivity index (χ3v) is 8.19. The fourth-order valence-corrected chi connectivity index (χ4v) is 5.78. The normalized spacial score (nSPS) is 20.7. The van der Waals surface area contributed by atoms with Crippen LogP contribution in [0.4, 0.5) is 14.5 Å². The number of nitrogens with one attached hydrogen (secondary N) is 4.